The van der Waals surface area contributed by atoms with Crippen molar-refractivity contribution < 1.29 is 14.3 Å². The molecule has 0 aliphatic heterocycles. The lowest BCUT2D eigenvalue weighted by Gasteiger charge is -2.23. The Morgan fingerprint density at radius 3 is 1.53 bits per heavy atom. The van der Waals surface area contributed by atoms with E-state index in [1.54, 1.807) is 7.11 Å². The highest BCUT2D eigenvalue weighted by molar-refractivity contribution is 5.96. The number of Topliss-reactive ketones (excluding diaryl/α,β-unsaturated/α-hetero) is 2. The molecule has 5 rings (SSSR count). The number of hydrogen-bond acceptors (Lipinski definition) is 3. The molecule has 0 saturated heterocycles. The third-order valence-electron chi connectivity index (χ3n) is 5.97. The van der Waals surface area contributed by atoms with Crippen molar-refractivity contribution in [1.82, 2.24) is 0 Å². The van der Waals surface area contributed by atoms with E-state index in [1.165, 1.54) is 0 Å². The molecular formula is C27H28O3. The lowest BCUT2D eigenvalue weighted by atomic mass is 9.83. The molecule has 154 valence electrons. The van der Waals surface area contributed by atoms with Crippen LogP contribution in [0.1, 0.15) is 48.6 Å². The Morgan fingerprint density at radius 2 is 1.13 bits per heavy atom. The molecule has 0 saturated carbocycles. The van der Waals surface area contributed by atoms with E-state index in [-0.39, 0.29) is 17.0 Å². The van der Waals surface area contributed by atoms with Crippen LogP contribution >= 0.6 is 0 Å². The van der Waals surface area contributed by atoms with Crippen LogP contribution in [0, 0.1) is 0 Å². The quantitative estimate of drug-likeness (QED) is 0.566. The van der Waals surface area contributed by atoms with Gasteiger partial charge in [0.25, 0.3) is 0 Å². The van der Waals surface area contributed by atoms with Crippen LogP contribution in [0.4, 0.5) is 0 Å². The zero-order chi connectivity index (χ0) is 21.5. The van der Waals surface area contributed by atoms with Crippen molar-refractivity contribution in [2.24, 2.45) is 0 Å². The van der Waals surface area contributed by atoms with Crippen LogP contribution in [0.3, 0.4) is 0 Å². The number of methoxy groups -OCH3 is 1. The van der Waals surface area contributed by atoms with Gasteiger partial charge < -0.3 is 4.74 Å². The van der Waals surface area contributed by atoms with Gasteiger partial charge in [-0.05, 0) is 32.9 Å². The molecule has 0 spiro atoms. The molecule has 0 atom stereocenters. The standard InChI is InChI=1S/C27H28O3/c1-27(2,3)21-11-19-15-22(28)13-17-9-10-18(25-8-6-5-7-24(17)25)14-23(29)16-20(12-21)26(19)30-4/h5-12H,13-16H2,1-4H3. The summed E-state index contributed by atoms with van der Waals surface area (Å²) < 4.78 is 5.72. The number of ether oxygens (including phenoxy) is 1. The third-order valence-corrected chi connectivity index (χ3v) is 5.97. The first-order valence-electron chi connectivity index (χ1n) is 10.5. The average Bonchev–Trinajstić information content (AvgIpc) is 2.69. The summed E-state index contributed by atoms with van der Waals surface area (Å²) >= 11 is 0. The molecule has 0 amide bonds. The normalized spacial score (nSPS) is 14.9. The summed E-state index contributed by atoms with van der Waals surface area (Å²) in [7, 11) is 1.62. The predicted molar refractivity (Wildman–Crippen MR) is 120 cm³/mol. The SMILES string of the molecule is COc1c2cc(C(C)(C)C)cc1CC(=O)Cc1ccc(c3ccccc13)CC(=O)C2. The summed E-state index contributed by atoms with van der Waals surface area (Å²) in [5, 5.41) is 2.12. The summed E-state index contributed by atoms with van der Waals surface area (Å²) in [6.45, 7) is 6.44. The fourth-order valence-electron chi connectivity index (χ4n) is 4.42. The van der Waals surface area contributed by atoms with Gasteiger partial charge in [0.05, 0.1) is 7.11 Å². The van der Waals surface area contributed by atoms with Crippen molar-refractivity contribution in [3.8, 4) is 5.75 Å². The number of rotatable bonds is 1. The van der Waals surface area contributed by atoms with Crippen molar-refractivity contribution in [3.05, 3.63) is 76.3 Å². The van der Waals surface area contributed by atoms with Gasteiger partial charge in [-0.2, -0.15) is 0 Å². The fourth-order valence-corrected chi connectivity index (χ4v) is 4.42. The van der Waals surface area contributed by atoms with Gasteiger partial charge in [0.15, 0.2) is 0 Å². The van der Waals surface area contributed by atoms with Crippen molar-refractivity contribution in [3.63, 3.8) is 0 Å². The Balaban J connectivity index is 1.90. The maximum Gasteiger partial charge on any atom is 0.141 e. The predicted octanol–water partition coefficient (Wildman–Crippen LogP) is 5.17. The molecule has 3 heteroatoms. The Hall–Kier alpha value is -2.94. The Morgan fingerprint density at radius 1 is 0.700 bits per heavy atom. The summed E-state index contributed by atoms with van der Waals surface area (Å²) in [5.41, 5.74) is 4.80. The second-order valence-electron chi connectivity index (χ2n) is 9.29. The second-order valence-corrected chi connectivity index (χ2v) is 9.29. The number of carbonyl (C=O) groups excluding carboxylic acids is 2. The Bertz CT molecular complexity index is 1070. The summed E-state index contributed by atoms with van der Waals surface area (Å²) in [4.78, 5) is 26.2. The summed E-state index contributed by atoms with van der Waals surface area (Å²) in [6.07, 6.45) is 1.33. The number of carbonyl (C=O) groups is 2. The van der Waals surface area contributed by atoms with Gasteiger partial charge >= 0.3 is 0 Å². The summed E-state index contributed by atoms with van der Waals surface area (Å²) in [6, 6.07) is 16.2. The van der Waals surface area contributed by atoms with Crippen LogP contribution in [0.5, 0.6) is 5.75 Å². The van der Waals surface area contributed by atoms with Crippen LogP contribution in [-0.4, -0.2) is 18.7 Å². The highest BCUT2D eigenvalue weighted by atomic mass is 16.5. The smallest absolute Gasteiger partial charge is 0.141 e. The van der Waals surface area contributed by atoms with Gasteiger partial charge in [-0.25, -0.2) is 0 Å². The topological polar surface area (TPSA) is 43.4 Å². The molecule has 0 aromatic heterocycles. The van der Waals surface area contributed by atoms with Crippen molar-refractivity contribution in [2.45, 2.75) is 51.9 Å². The van der Waals surface area contributed by atoms with Gasteiger partial charge in [0, 0.05) is 36.8 Å². The number of benzene rings is 3. The van der Waals surface area contributed by atoms with Gasteiger partial charge in [-0.1, -0.05) is 69.3 Å². The first-order valence-corrected chi connectivity index (χ1v) is 10.5. The first kappa shape index (κ1) is 20.3. The van der Waals surface area contributed by atoms with E-state index in [4.69, 9.17) is 4.74 Å². The van der Waals surface area contributed by atoms with Crippen molar-refractivity contribution in [1.29, 1.82) is 0 Å². The molecule has 0 heterocycles. The fraction of sp³-hybridized carbons (Fsp3) is 0.333. The minimum Gasteiger partial charge on any atom is -0.496 e. The molecule has 2 aliphatic carbocycles. The molecule has 0 fully saturated rings. The molecule has 0 unspecified atom stereocenters. The van der Waals surface area contributed by atoms with Gasteiger partial charge in [-0.15, -0.1) is 0 Å². The average molecular weight is 401 g/mol. The van der Waals surface area contributed by atoms with Crippen LogP contribution in [0.15, 0.2) is 48.5 Å². The molecule has 3 nitrogen and oxygen atoms in total. The molecule has 0 radical (unpaired) electrons. The molecule has 2 aliphatic rings. The highest BCUT2D eigenvalue weighted by Crippen LogP contribution is 2.34. The van der Waals surface area contributed by atoms with Crippen LogP contribution < -0.4 is 4.74 Å². The Labute approximate surface area is 178 Å². The largest absolute Gasteiger partial charge is 0.496 e. The lowest BCUT2D eigenvalue weighted by molar-refractivity contribution is -0.118. The minimum absolute atomic E-state index is 0.0872. The second kappa shape index (κ2) is 7.71. The zero-order valence-electron chi connectivity index (χ0n) is 18.2. The molecule has 3 aromatic carbocycles. The number of hydrogen-bond donors (Lipinski definition) is 0. The molecule has 30 heavy (non-hydrogen) atoms. The molecule has 3 aromatic rings. The van der Waals surface area contributed by atoms with E-state index >= 15 is 0 Å². The van der Waals surface area contributed by atoms with E-state index in [9.17, 15) is 9.59 Å². The monoisotopic (exact) mass is 400 g/mol. The van der Waals surface area contributed by atoms with E-state index < -0.39 is 0 Å². The maximum atomic E-state index is 13.1. The van der Waals surface area contributed by atoms with Crippen LogP contribution in [0.2, 0.25) is 0 Å². The van der Waals surface area contributed by atoms with E-state index in [1.807, 2.05) is 36.4 Å². The van der Waals surface area contributed by atoms with Crippen LogP contribution in [0.25, 0.3) is 10.8 Å². The number of fused-ring (bicyclic) bond motifs is 5. The van der Waals surface area contributed by atoms with Crippen molar-refractivity contribution >= 4 is 22.3 Å². The lowest BCUT2D eigenvalue weighted by Crippen LogP contribution is -2.16. The van der Waals surface area contributed by atoms with Gasteiger partial charge in [-0.3, -0.25) is 9.59 Å². The van der Waals surface area contributed by atoms with Gasteiger partial charge in [0.2, 0.25) is 0 Å². The number of ketones is 2. The third kappa shape index (κ3) is 3.89. The summed E-state index contributed by atoms with van der Waals surface area (Å²) in [5.74, 6) is 0.972. The molecule has 4 bridgehead atoms. The van der Waals surface area contributed by atoms with Gasteiger partial charge in [0.1, 0.15) is 17.3 Å². The van der Waals surface area contributed by atoms with E-state index in [2.05, 4.69) is 32.9 Å². The van der Waals surface area contributed by atoms with E-state index in [0.29, 0.717) is 31.4 Å². The minimum atomic E-state index is -0.0872. The first-order chi connectivity index (χ1) is 14.3. The zero-order valence-corrected chi connectivity index (χ0v) is 18.2. The Kier molecular flexibility index (Phi) is 5.23. The maximum absolute atomic E-state index is 13.1. The van der Waals surface area contributed by atoms with Crippen molar-refractivity contribution in [2.75, 3.05) is 7.11 Å². The highest BCUT2D eigenvalue weighted by Gasteiger charge is 2.23. The molecule has 0 N–H and O–H groups in total. The van der Waals surface area contributed by atoms with E-state index in [0.717, 1.165) is 38.6 Å². The molecular weight excluding hydrogens is 372 g/mol. The van der Waals surface area contributed by atoms with Crippen LogP contribution in [-0.2, 0) is 40.7 Å².